The number of nitrogens with one attached hydrogen (secondary N) is 1. The molecule has 1 aromatic carbocycles. The van der Waals surface area contributed by atoms with Crippen molar-refractivity contribution in [1.29, 1.82) is 0 Å². The van der Waals surface area contributed by atoms with Crippen LogP contribution in [0.3, 0.4) is 0 Å². The van der Waals surface area contributed by atoms with E-state index < -0.39 is 0 Å². The maximum Gasteiger partial charge on any atom is 0.270 e. The maximum absolute atomic E-state index is 11.6. The summed E-state index contributed by atoms with van der Waals surface area (Å²) in [5, 5.41) is 9.08. The number of aromatic amines is 1. The minimum absolute atomic E-state index is 0.0334. The van der Waals surface area contributed by atoms with Crippen LogP contribution in [-0.4, -0.2) is 15.1 Å². The number of rotatable bonds is 2. The van der Waals surface area contributed by atoms with Crippen LogP contribution < -0.4 is 5.56 Å². The van der Waals surface area contributed by atoms with Gasteiger partial charge in [-0.15, -0.1) is 0 Å². The van der Waals surface area contributed by atoms with E-state index in [-0.39, 0.29) is 12.2 Å². The zero-order valence-corrected chi connectivity index (χ0v) is 9.37. The fraction of sp³-hybridized carbons (Fsp3) is 0.333. The quantitative estimate of drug-likeness (QED) is 0.798. The molecule has 0 unspecified atom stereocenters. The van der Waals surface area contributed by atoms with Crippen molar-refractivity contribution in [3.8, 4) is 0 Å². The molecule has 0 aliphatic carbocycles. The normalized spacial score (nSPS) is 10.9. The number of aryl methyl sites for hydroxylation is 2. The Morgan fingerprint density at radius 3 is 2.81 bits per heavy atom. The number of hydrogen-bond donors (Lipinski definition) is 2. The highest BCUT2D eigenvalue weighted by molar-refractivity contribution is 5.78. The van der Waals surface area contributed by atoms with Crippen molar-refractivity contribution in [3.05, 3.63) is 39.3 Å². The lowest BCUT2D eigenvalue weighted by atomic mass is 10.1. The second kappa shape index (κ2) is 4.06. The van der Waals surface area contributed by atoms with Crippen LogP contribution in [0.15, 0.2) is 16.9 Å². The zero-order valence-electron chi connectivity index (χ0n) is 9.37. The Hall–Kier alpha value is -1.68. The lowest BCUT2D eigenvalue weighted by molar-refractivity contribution is 0.282. The second-order valence-electron chi connectivity index (χ2n) is 3.83. The molecule has 0 amide bonds. The van der Waals surface area contributed by atoms with Gasteiger partial charge in [-0.2, -0.15) is 0 Å². The number of aromatic nitrogens is 2. The molecule has 0 aliphatic heterocycles. The van der Waals surface area contributed by atoms with E-state index in [1.165, 1.54) is 0 Å². The predicted octanol–water partition coefficient (Wildman–Crippen LogP) is 1.29. The highest BCUT2D eigenvalue weighted by Crippen LogP contribution is 2.16. The van der Waals surface area contributed by atoms with E-state index in [4.69, 9.17) is 5.11 Å². The van der Waals surface area contributed by atoms with Gasteiger partial charge in [-0.1, -0.05) is 13.0 Å². The molecule has 0 spiro atoms. The number of benzene rings is 1. The Morgan fingerprint density at radius 2 is 2.19 bits per heavy atom. The molecule has 1 aromatic heterocycles. The van der Waals surface area contributed by atoms with E-state index in [0.29, 0.717) is 17.6 Å². The lowest BCUT2D eigenvalue weighted by Crippen LogP contribution is -2.14. The summed E-state index contributed by atoms with van der Waals surface area (Å²) in [5.41, 5.74) is 3.64. The SMILES string of the molecule is CCc1nc2c(C)cc(CO)cc2[nH]c1=O. The molecule has 2 rings (SSSR count). The number of aliphatic hydroxyl groups is 1. The molecule has 0 bridgehead atoms. The molecule has 2 N–H and O–H groups in total. The first kappa shape index (κ1) is 10.8. The van der Waals surface area contributed by atoms with Gasteiger partial charge in [0.2, 0.25) is 0 Å². The first-order chi connectivity index (χ1) is 7.65. The molecule has 4 heteroatoms. The van der Waals surface area contributed by atoms with Crippen LogP contribution >= 0.6 is 0 Å². The van der Waals surface area contributed by atoms with Gasteiger partial charge in [-0.05, 0) is 30.5 Å². The van der Waals surface area contributed by atoms with Crippen molar-refractivity contribution < 1.29 is 5.11 Å². The number of fused-ring (bicyclic) bond motifs is 1. The number of nitrogens with zero attached hydrogens (tertiary/aromatic N) is 1. The van der Waals surface area contributed by atoms with Crippen LogP contribution in [0.4, 0.5) is 0 Å². The van der Waals surface area contributed by atoms with Crippen LogP contribution in [-0.2, 0) is 13.0 Å². The van der Waals surface area contributed by atoms with Crippen LogP contribution in [0.5, 0.6) is 0 Å². The first-order valence-corrected chi connectivity index (χ1v) is 5.29. The summed E-state index contributed by atoms with van der Waals surface area (Å²) in [5.74, 6) is 0. The molecule has 0 saturated heterocycles. The molecular formula is C12H14N2O2. The average molecular weight is 218 g/mol. The van der Waals surface area contributed by atoms with Gasteiger partial charge in [0.05, 0.1) is 17.6 Å². The number of aliphatic hydroxyl groups excluding tert-OH is 1. The molecule has 4 nitrogen and oxygen atoms in total. The highest BCUT2D eigenvalue weighted by atomic mass is 16.3. The molecular weight excluding hydrogens is 204 g/mol. The third-order valence-electron chi connectivity index (χ3n) is 2.63. The predicted molar refractivity (Wildman–Crippen MR) is 62.4 cm³/mol. The third-order valence-corrected chi connectivity index (χ3v) is 2.63. The van der Waals surface area contributed by atoms with Crippen LogP contribution in [0, 0.1) is 6.92 Å². The van der Waals surface area contributed by atoms with Gasteiger partial charge < -0.3 is 10.1 Å². The van der Waals surface area contributed by atoms with Crippen molar-refractivity contribution >= 4 is 11.0 Å². The lowest BCUT2D eigenvalue weighted by Gasteiger charge is -2.05. The van der Waals surface area contributed by atoms with E-state index in [2.05, 4.69) is 9.97 Å². The van der Waals surface area contributed by atoms with Gasteiger partial charge >= 0.3 is 0 Å². The Kier molecular flexibility index (Phi) is 2.75. The van der Waals surface area contributed by atoms with Gasteiger partial charge in [-0.3, -0.25) is 4.79 Å². The number of H-pyrrole nitrogens is 1. The fourth-order valence-corrected chi connectivity index (χ4v) is 1.81. The summed E-state index contributed by atoms with van der Waals surface area (Å²) in [7, 11) is 0. The van der Waals surface area contributed by atoms with Gasteiger partial charge in [0.1, 0.15) is 5.69 Å². The smallest absolute Gasteiger partial charge is 0.270 e. The molecule has 2 aromatic rings. The van der Waals surface area contributed by atoms with Crippen molar-refractivity contribution in [2.75, 3.05) is 0 Å². The standard InChI is InChI=1S/C12H14N2O2/c1-3-9-12(16)14-10-5-8(6-15)4-7(2)11(10)13-9/h4-5,15H,3,6H2,1-2H3,(H,14,16). The summed E-state index contributed by atoms with van der Waals surface area (Å²) in [6.45, 7) is 3.79. The third kappa shape index (κ3) is 1.72. The van der Waals surface area contributed by atoms with E-state index >= 15 is 0 Å². The van der Waals surface area contributed by atoms with Gasteiger partial charge in [0.25, 0.3) is 5.56 Å². The van der Waals surface area contributed by atoms with Crippen molar-refractivity contribution in [3.63, 3.8) is 0 Å². The fourth-order valence-electron chi connectivity index (χ4n) is 1.81. The molecule has 0 saturated carbocycles. The summed E-state index contributed by atoms with van der Waals surface area (Å²) >= 11 is 0. The topological polar surface area (TPSA) is 66.0 Å². The van der Waals surface area contributed by atoms with Crippen LogP contribution in [0.1, 0.15) is 23.7 Å². The molecule has 0 fully saturated rings. The highest BCUT2D eigenvalue weighted by Gasteiger charge is 2.06. The van der Waals surface area contributed by atoms with Crippen molar-refractivity contribution in [1.82, 2.24) is 9.97 Å². The molecule has 0 atom stereocenters. The van der Waals surface area contributed by atoms with Crippen molar-refractivity contribution in [2.24, 2.45) is 0 Å². The van der Waals surface area contributed by atoms with E-state index in [0.717, 1.165) is 16.6 Å². The minimum atomic E-state index is -0.149. The second-order valence-corrected chi connectivity index (χ2v) is 3.83. The Labute approximate surface area is 93.0 Å². The average Bonchev–Trinajstić information content (AvgIpc) is 2.28. The van der Waals surface area contributed by atoms with Crippen LogP contribution in [0.2, 0.25) is 0 Å². The Balaban J connectivity index is 2.80. The van der Waals surface area contributed by atoms with Crippen LogP contribution in [0.25, 0.3) is 11.0 Å². The zero-order chi connectivity index (χ0) is 11.7. The van der Waals surface area contributed by atoms with Gasteiger partial charge in [0, 0.05) is 0 Å². The van der Waals surface area contributed by atoms with Gasteiger partial charge in [0.15, 0.2) is 0 Å². The maximum atomic E-state index is 11.6. The van der Waals surface area contributed by atoms with Crippen molar-refractivity contribution in [2.45, 2.75) is 26.9 Å². The van der Waals surface area contributed by atoms with E-state index in [1.807, 2.05) is 19.9 Å². The molecule has 0 radical (unpaired) electrons. The van der Waals surface area contributed by atoms with E-state index in [9.17, 15) is 4.79 Å². The first-order valence-electron chi connectivity index (χ1n) is 5.29. The molecule has 0 aliphatic rings. The van der Waals surface area contributed by atoms with Gasteiger partial charge in [-0.25, -0.2) is 4.98 Å². The summed E-state index contributed by atoms with van der Waals surface area (Å²) in [6.07, 6.45) is 0.618. The molecule has 84 valence electrons. The largest absolute Gasteiger partial charge is 0.392 e. The molecule has 16 heavy (non-hydrogen) atoms. The minimum Gasteiger partial charge on any atom is -0.392 e. The summed E-state index contributed by atoms with van der Waals surface area (Å²) < 4.78 is 0. The summed E-state index contributed by atoms with van der Waals surface area (Å²) in [4.78, 5) is 18.7. The number of hydrogen-bond acceptors (Lipinski definition) is 3. The summed E-state index contributed by atoms with van der Waals surface area (Å²) in [6, 6.07) is 3.64. The Morgan fingerprint density at radius 1 is 1.44 bits per heavy atom. The molecule has 1 heterocycles. The monoisotopic (exact) mass is 218 g/mol. The Bertz CT molecular complexity index is 587. The van der Waals surface area contributed by atoms with E-state index in [1.54, 1.807) is 6.07 Å².